The Bertz CT molecular complexity index is 81.4. The zero-order valence-corrected chi connectivity index (χ0v) is 8.24. The van der Waals surface area contributed by atoms with Crippen molar-refractivity contribution in [2.75, 3.05) is 12.0 Å². The highest BCUT2D eigenvalue weighted by Gasteiger charge is 2.01. The summed E-state index contributed by atoms with van der Waals surface area (Å²) in [6, 6.07) is 0.0399. The van der Waals surface area contributed by atoms with Crippen molar-refractivity contribution in [1.29, 1.82) is 0 Å². The van der Waals surface area contributed by atoms with Crippen LogP contribution in [0, 0.1) is 0 Å². The van der Waals surface area contributed by atoms with E-state index < -0.39 is 0 Å². The number of halogens is 1. The number of hydrogen-bond acceptors (Lipinski definition) is 3. The Morgan fingerprint density at radius 1 is 1.89 bits per heavy atom. The molecule has 4 heteroatoms. The summed E-state index contributed by atoms with van der Waals surface area (Å²) in [5, 5.41) is 0. The maximum Gasteiger partial charge on any atom is 0.137 e. The number of thioether (sulfide) groups is 1. The van der Waals surface area contributed by atoms with Gasteiger partial charge in [-0.1, -0.05) is 0 Å². The van der Waals surface area contributed by atoms with Crippen LogP contribution in [0.2, 0.25) is 0 Å². The molecule has 0 fully saturated rings. The number of aldehydes is 1. The topological polar surface area (TPSA) is 29.1 Å². The monoisotopic (exact) mass is 259 g/mol. The lowest BCUT2D eigenvalue weighted by Crippen LogP contribution is -2.22. The molecule has 0 heterocycles. The fraction of sp³-hybridized carbons (Fsp3) is 0.800. The van der Waals surface area contributed by atoms with Crippen LogP contribution in [0.5, 0.6) is 0 Å². The molecule has 0 saturated heterocycles. The van der Waals surface area contributed by atoms with E-state index in [0.29, 0.717) is 0 Å². The second kappa shape index (κ2) is 6.82. The van der Waals surface area contributed by atoms with E-state index in [-0.39, 0.29) is 6.04 Å². The van der Waals surface area contributed by atoms with Crippen molar-refractivity contribution in [3.8, 4) is 0 Å². The first kappa shape index (κ1) is 9.71. The van der Waals surface area contributed by atoms with Crippen molar-refractivity contribution in [2.24, 2.45) is 0 Å². The van der Waals surface area contributed by atoms with Crippen molar-refractivity contribution in [1.82, 2.24) is 3.53 Å². The lowest BCUT2D eigenvalue weighted by Gasteiger charge is -2.03. The standard InChI is InChI=1S/C5H10INOS/c1-9-3-2-5(4-8)7-6/h4-5,7H,2-3H2,1H3/t5-/m1/s1. The molecule has 0 aliphatic heterocycles. The summed E-state index contributed by atoms with van der Waals surface area (Å²) < 4.78 is 2.88. The maximum absolute atomic E-state index is 10.2. The highest BCUT2D eigenvalue weighted by Crippen LogP contribution is 1.99. The molecule has 54 valence electrons. The largest absolute Gasteiger partial charge is 0.302 e. The van der Waals surface area contributed by atoms with Crippen LogP contribution in [-0.4, -0.2) is 24.3 Å². The summed E-state index contributed by atoms with van der Waals surface area (Å²) in [6.07, 6.45) is 3.91. The Kier molecular flexibility index (Phi) is 7.36. The molecule has 0 aromatic heterocycles. The van der Waals surface area contributed by atoms with E-state index >= 15 is 0 Å². The summed E-state index contributed by atoms with van der Waals surface area (Å²) in [5.41, 5.74) is 0. The molecule has 0 radical (unpaired) electrons. The van der Waals surface area contributed by atoms with E-state index in [2.05, 4.69) is 3.53 Å². The molecule has 0 aromatic carbocycles. The zero-order chi connectivity index (χ0) is 7.11. The number of nitrogens with one attached hydrogen (secondary N) is 1. The van der Waals surface area contributed by atoms with Crippen LogP contribution in [0.15, 0.2) is 0 Å². The van der Waals surface area contributed by atoms with Crippen molar-refractivity contribution in [2.45, 2.75) is 12.5 Å². The Balaban J connectivity index is 3.20. The third kappa shape index (κ3) is 5.17. The van der Waals surface area contributed by atoms with Crippen molar-refractivity contribution >= 4 is 40.9 Å². The van der Waals surface area contributed by atoms with Gasteiger partial charge >= 0.3 is 0 Å². The minimum Gasteiger partial charge on any atom is -0.302 e. The Morgan fingerprint density at radius 2 is 2.56 bits per heavy atom. The molecule has 0 rings (SSSR count). The molecule has 1 N–H and O–H groups in total. The predicted octanol–water partition coefficient (Wildman–Crippen LogP) is 1.25. The maximum atomic E-state index is 10.2. The van der Waals surface area contributed by atoms with E-state index in [9.17, 15) is 4.79 Å². The van der Waals surface area contributed by atoms with Gasteiger partial charge in [0.2, 0.25) is 0 Å². The molecule has 2 nitrogen and oxygen atoms in total. The van der Waals surface area contributed by atoms with Gasteiger partial charge in [-0.3, -0.25) is 3.53 Å². The van der Waals surface area contributed by atoms with Gasteiger partial charge in [0.1, 0.15) is 6.29 Å². The molecule has 0 saturated carbocycles. The summed E-state index contributed by atoms with van der Waals surface area (Å²) in [6.45, 7) is 0. The van der Waals surface area contributed by atoms with Gasteiger partial charge in [0.15, 0.2) is 0 Å². The van der Waals surface area contributed by atoms with Crippen LogP contribution in [-0.2, 0) is 4.79 Å². The van der Waals surface area contributed by atoms with Gasteiger partial charge in [0.25, 0.3) is 0 Å². The van der Waals surface area contributed by atoms with Crippen LogP contribution in [0.25, 0.3) is 0 Å². The molecular weight excluding hydrogens is 249 g/mol. The van der Waals surface area contributed by atoms with Crippen LogP contribution in [0.4, 0.5) is 0 Å². The second-order valence-electron chi connectivity index (χ2n) is 1.63. The lowest BCUT2D eigenvalue weighted by atomic mass is 10.3. The Labute approximate surface area is 73.7 Å². The number of hydrogen-bond donors (Lipinski definition) is 1. The van der Waals surface area contributed by atoms with Crippen LogP contribution in [0.1, 0.15) is 6.42 Å². The van der Waals surface area contributed by atoms with Gasteiger partial charge in [-0.25, -0.2) is 0 Å². The molecule has 9 heavy (non-hydrogen) atoms. The molecule has 0 aliphatic carbocycles. The zero-order valence-electron chi connectivity index (χ0n) is 5.26. The second-order valence-corrected chi connectivity index (χ2v) is 3.24. The van der Waals surface area contributed by atoms with Crippen LogP contribution < -0.4 is 3.53 Å². The molecule has 0 aliphatic rings. The minimum atomic E-state index is 0.0399. The average Bonchev–Trinajstić information content (AvgIpc) is 1.91. The third-order valence-electron chi connectivity index (χ3n) is 0.937. The van der Waals surface area contributed by atoms with Gasteiger partial charge in [0, 0.05) is 22.9 Å². The first-order valence-corrected chi connectivity index (χ1v) is 5.12. The van der Waals surface area contributed by atoms with E-state index in [1.165, 1.54) is 0 Å². The lowest BCUT2D eigenvalue weighted by molar-refractivity contribution is -0.109. The van der Waals surface area contributed by atoms with Gasteiger partial charge in [-0.2, -0.15) is 11.8 Å². The summed E-state index contributed by atoms with van der Waals surface area (Å²) in [7, 11) is 0. The molecule has 0 bridgehead atoms. The van der Waals surface area contributed by atoms with Crippen molar-refractivity contribution < 1.29 is 4.79 Å². The number of carbonyl (C=O) groups excluding carboxylic acids is 1. The van der Waals surface area contributed by atoms with E-state index in [1.807, 2.05) is 29.1 Å². The van der Waals surface area contributed by atoms with Crippen LogP contribution >= 0.6 is 34.6 Å². The number of rotatable bonds is 5. The molecule has 0 amide bonds. The Hall–Kier alpha value is 0.710. The summed E-state index contributed by atoms with van der Waals surface area (Å²) in [5.74, 6) is 1.04. The first-order chi connectivity index (χ1) is 4.35. The van der Waals surface area contributed by atoms with E-state index in [4.69, 9.17) is 0 Å². The van der Waals surface area contributed by atoms with Crippen LogP contribution in [0.3, 0.4) is 0 Å². The van der Waals surface area contributed by atoms with E-state index in [0.717, 1.165) is 18.5 Å². The molecule has 1 atom stereocenters. The Morgan fingerprint density at radius 3 is 2.89 bits per heavy atom. The predicted molar refractivity (Wildman–Crippen MR) is 50.0 cm³/mol. The van der Waals surface area contributed by atoms with Gasteiger partial charge in [0.05, 0.1) is 6.04 Å². The third-order valence-corrected chi connectivity index (χ3v) is 2.38. The first-order valence-electron chi connectivity index (χ1n) is 2.65. The highest BCUT2D eigenvalue weighted by atomic mass is 127. The fourth-order valence-electron chi connectivity index (χ4n) is 0.393. The van der Waals surface area contributed by atoms with Gasteiger partial charge < -0.3 is 4.79 Å². The smallest absolute Gasteiger partial charge is 0.137 e. The quantitative estimate of drug-likeness (QED) is 0.457. The molecule has 0 aromatic rings. The summed E-state index contributed by atoms with van der Waals surface area (Å²) >= 11 is 3.76. The fourth-order valence-corrected chi connectivity index (χ4v) is 1.34. The van der Waals surface area contributed by atoms with Crippen molar-refractivity contribution in [3.05, 3.63) is 0 Å². The summed E-state index contributed by atoms with van der Waals surface area (Å²) in [4.78, 5) is 10.2. The minimum absolute atomic E-state index is 0.0399. The average molecular weight is 259 g/mol. The highest BCUT2D eigenvalue weighted by molar-refractivity contribution is 14.1. The SMILES string of the molecule is CSCC[C@H](C=O)NI. The normalized spacial score (nSPS) is 13.1. The molecule has 0 spiro atoms. The van der Waals surface area contributed by atoms with Gasteiger partial charge in [-0.15, -0.1) is 0 Å². The van der Waals surface area contributed by atoms with Gasteiger partial charge in [-0.05, 0) is 18.4 Å². The molecule has 0 unspecified atom stereocenters. The molecular formula is C5H10INOS. The van der Waals surface area contributed by atoms with E-state index in [1.54, 1.807) is 11.8 Å². The van der Waals surface area contributed by atoms with Crippen molar-refractivity contribution in [3.63, 3.8) is 0 Å². The number of carbonyl (C=O) groups is 1.